The Labute approximate surface area is 184 Å². The summed E-state index contributed by atoms with van der Waals surface area (Å²) in [5.41, 5.74) is -1.23. The van der Waals surface area contributed by atoms with Crippen LogP contribution in [0.2, 0.25) is 0 Å². The van der Waals surface area contributed by atoms with Gasteiger partial charge in [0.05, 0.1) is 6.10 Å². The Morgan fingerprint density at radius 3 is 2.63 bits per heavy atom. The number of allylic oxidation sites excluding steroid dienone is 1. The third-order valence-corrected chi connectivity index (χ3v) is 8.65. The van der Waals surface area contributed by atoms with Gasteiger partial charge in [-0.15, -0.1) is 0 Å². The van der Waals surface area contributed by atoms with Crippen molar-refractivity contribution >= 4 is 11.6 Å². The number of ketones is 2. The van der Waals surface area contributed by atoms with Crippen molar-refractivity contribution in [3.8, 4) is 0 Å². The molecular formula is C21H31NaO5. The molecule has 4 aliphatic rings. The number of aliphatic hydroxyl groups excluding tert-OH is 2. The topological polar surface area (TPSA) is 94.8 Å². The van der Waals surface area contributed by atoms with Crippen LogP contribution in [0.25, 0.3) is 0 Å². The van der Waals surface area contributed by atoms with Crippen LogP contribution in [0.5, 0.6) is 0 Å². The fourth-order valence-electron chi connectivity index (χ4n) is 7.28. The molecule has 0 aliphatic heterocycles. The smallest absolute Gasteiger partial charge is 1.00 e. The van der Waals surface area contributed by atoms with E-state index in [4.69, 9.17) is 0 Å². The number of Topliss-reactive ketones (excluding diaryl/α,β-unsaturated/α-hetero) is 1. The van der Waals surface area contributed by atoms with E-state index >= 15 is 0 Å². The predicted octanol–water partition coefficient (Wildman–Crippen LogP) is -1.10. The maximum atomic E-state index is 12.4. The Bertz CT molecular complexity index is 696. The summed E-state index contributed by atoms with van der Waals surface area (Å²) in [6.07, 6.45) is 5.74. The van der Waals surface area contributed by atoms with E-state index in [1.54, 1.807) is 6.08 Å². The molecule has 0 aromatic heterocycles. The molecule has 6 heteroatoms. The van der Waals surface area contributed by atoms with E-state index in [0.717, 1.165) is 25.7 Å². The van der Waals surface area contributed by atoms with Crippen LogP contribution in [0.1, 0.15) is 60.2 Å². The normalized spacial score (nSPS) is 48.6. The van der Waals surface area contributed by atoms with Gasteiger partial charge in [-0.2, -0.15) is 0 Å². The first-order valence-corrected chi connectivity index (χ1v) is 9.96. The molecule has 7 atom stereocenters. The van der Waals surface area contributed by atoms with Crippen LogP contribution in [0.15, 0.2) is 11.6 Å². The van der Waals surface area contributed by atoms with Crippen LogP contribution in [0.4, 0.5) is 0 Å². The van der Waals surface area contributed by atoms with Crippen LogP contribution >= 0.6 is 0 Å². The molecule has 3 fully saturated rings. The Hall–Kier alpha value is -0.0400. The number of aliphatic hydroxyl groups is 3. The van der Waals surface area contributed by atoms with Crippen molar-refractivity contribution in [1.29, 1.82) is 0 Å². The van der Waals surface area contributed by atoms with Crippen LogP contribution in [0, 0.1) is 28.6 Å². The van der Waals surface area contributed by atoms with Crippen molar-refractivity contribution in [2.45, 2.75) is 70.5 Å². The van der Waals surface area contributed by atoms with E-state index in [0.29, 0.717) is 19.3 Å². The second-order valence-electron chi connectivity index (χ2n) is 9.56. The largest absolute Gasteiger partial charge is 1.00 e. The minimum atomic E-state index is -1.54. The molecule has 0 spiro atoms. The van der Waals surface area contributed by atoms with E-state index in [2.05, 4.69) is 6.92 Å². The Morgan fingerprint density at radius 2 is 1.96 bits per heavy atom. The van der Waals surface area contributed by atoms with Crippen molar-refractivity contribution in [2.75, 3.05) is 6.61 Å². The number of fused-ring (bicyclic) bond motifs is 5. The SMILES string of the molecule is C[C@]12CCC(=O)C=C1CC[C@@H]1[C@@H]2[C@@H](O)C[C@@]2(C)[C@H]1CC[C@]2(O)C(=O)CO.[H-].[Na+]. The molecule has 27 heavy (non-hydrogen) atoms. The van der Waals surface area contributed by atoms with E-state index in [9.17, 15) is 24.9 Å². The maximum absolute atomic E-state index is 12.4. The molecule has 5 nitrogen and oxygen atoms in total. The van der Waals surface area contributed by atoms with Gasteiger partial charge in [-0.3, -0.25) is 9.59 Å². The third-order valence-electron chi connectivity index (χ3n) is 8.65. The zero-order valence-corrected chi connectivity index (χ0v) is 18.7. The number of carbonyl (C=O) groups is 2. The molecule has 3 saturated carbocycles. The first kappa shape index (κ1) is 21.7. The van der Waals surface area contributed by atoms with Gasteiger partial charge in [0.2, 0.25) is 0 Å². The van der Waals surface area contributed by atoms with Crippen molar-refractivity contribution in [3.63, 3.8) is 0 Å². The van der Waals surface area contributed by atoms with E-state index in [-0.39, 0.29) is 59.9 Å². The Balaban J connectivity index is 0.00000140. The zero-order chi connectivity index (χ0) is 18.9. The van der Waals surface area contributed by atoms with Gasteiger partial charge >= 0.3 is 29.6 Å². The summed E-state index contributed by atoms with van der Waals surface area (Å²) in [6, 6.07) is 0. The fourth-order valence-corrected chi connectivity index (χ4v) is 7.28. The van der Waals surface area contributed by atoms with Gasteiger partial charge in [-0.25, -0.2) is 0 Å². The molecule has 4 rings (SSSR count). The molecule has 0 unspecified atom stereocenters. The molecule has 0 saturated heterocycles. The number of rotatable bonds is 2. The van der Waals surface area contributed by atoms with Crippen molar-refractivity contribution in [3.05, 3.63) is 11.6 Å². The Kier molecular flexibility index (Phi) is 5.64. The average molecular weight is 386 g/mol. The summed E-state index contributed by atoms with van der Waals surface area (Å²) in [5.74, 6) is 0.140. The summed E-state index contributed by atoms with van der Waals surface area (Å²) in [5, 5.41) is 31.7. The third kappa shape index (κ3) is 2.80. The van der Waals surface area contributed by atoms with Crippen LogP contribution in [0.3, 0.4) is 0 Å². The maximum Gasteiger partial charge on any atom is 1.00 e. The first-order chi connectivity index (χ1) is 12.2. The average Bonchev–Trinajstić information content (AvgIpc) is 2.86. The van der Waals surface area contributed by atoms with Crippen LogP contribution in [-0.2, 0) is 9.59 Å². The van der Waals surface area contributed by atoms with Gasteiger partial charge in [0.15, 0.2) is 11.6 Å². The summed E-state index contributed by atoms with van der Waals surface area (Å²) in [4.78, 5) is 24.3. The van der Waals surface area contributed by atoms with Crippen molar-refractivity contribution in [2.24, 2.45) is 28.6 Å². The molecule has 0 aromatic carbocycles. The molecule has 0 aromatic rings. The summed E-state index contributed by atoms with van der Waals surface area (Å²) in [7, 11) is 0. The Morgan fingerprint density at radius 1 is 1.26 bits per heavy atom. The molecule has 3 N–H and O–H groups in total. The van der Waals surface area contributed by atoms with Gasteiger partial charge in [-0.1, -0.05) is 19.4 Å². The van der Waals surface area contributed by atoms with Crippen molar-refractivity contribution < 1.29 is 55.9 Å². The minimum Gasteiger partial charge on any atom is -1.00 e. The van der Waals surface area contributed by atoms with Crippen LogP contribution in [-0.4, -0.2) is 45.2 Å². The number of carbonyl (C=O) groups excluding carboxylic acids is 2. The van der Waals surface area contributed by atoms with E-state index in [1.165, 1.54) is 5.57 Å². The second kappa shape index (κ2) is 7.03. The molecule has 0 amide bonds. The van der Waals surface area contributed by atoms with Crippen LogP contribution < -0.4 is 29.6 Å². The van der Waals surface area contributed by atoms with Gasteiger partial charge in [0.25, 0.3) is 0 Å². The van der Waals surface area contributed by atoms with Gasteiger partial charge in [0, 0.05) is 11.8 Å². The molecule has 0 heterocycles. The quantitative estimate of drug-likeness (QED) is 0.524. The van der Waals surface area contributed by atoms with Gasteiger partial charge in [-0.05, 0) is 67.8 Å². The molecule has 0 radical (unpaired) electrons. The zero-order valence-electron chi connectivity index (χ0n) is 17.7. The summed E-state index contributed by atoms with van der Waals surface area (Å²) < 4.78 is 0. The molecule has 146 valence electrons. The van der Waals surface area contributed by atoms with E-state index in [1.807, 2.05) is 6.92 Å². The number of hydrogen-bond acceptors (Lipinski definition) is 5. The van der Waals surface area contributed by atoms with E-state index < -0.39 is 29.5 Å². The molecular weight excluding hydrogens is 355 g/mol. The molecule has 0 bridgehead atoms. The molecule has 4 aliphatic carbocycles. The monoisotopic (exact) mass is 386 g/mol. The van der Waals surface area contributed by atoms with Gasteiger partial charge in [0.1, 0.15) is 12.2 Å². The first-order valence-electron chi connectivity index (χ1n) is 9.96. The fraction of sp³-hybridized carbons (Fsp3) is 0.810. The van der Waals surface area contributed by atoms with Gasteiger partial charge < -0.3 is 16.7 Å². The second-order valence-corrected chi connectivity index (χ2v) is 9.56. The summed E-state index contributed by atoms with van der Waals surface area (Å²) >= 11 is 0. The standard InChI is InChI=1S/C21H30O5.Na.H/c1-19-7-5-13(23)9-12(19)3-4-14-15-6-8-21(26,17(25)11-22)20(15,2)10-16(24)18(14)19;;/h9,14-16,18,22,24,26H,3-8,10-11H2,1-2H3;;/q;+1;-1/t14-,15-,16-,18+,19-,20-,21-;;/m0../s1. The van der Waals surface area contributed by atoms with Crippen molar-refractivity contribution in [1.82, 2.24) is 0 Å². The predicted molar refractivity (Wildman–Crippen MR) is 96.3 cm³/mol. The minimum absolute atomic E-state index is 0. The summed E-state index contributed by atoms with van der Waals surface area (Å²) in [6.45, 7) is 3.46. The number of hydrogen-bond donors (Lipinski definition) is 3.